The summed E-state index contributed by atoms with van der Waals surface area (Å²) in [6.07, 6.45) is 0.235. The van der Waals surface area contributed by atoms with E-state index < -0.39 is 18.0 Å². The average molecular weight is 476 g/mol. The van der Waals surface area contributed by atoms with Gasteiger partial charge in [-0.15, -0.1) is 0 Å². The van der Waals surface area contributed by atoms with E-state index in [-0.39, 0.29) is 49.1 Å². The summed E-state index contributed by atoms with van der Waals surface area (Å²) in [6, 6.07) is 8.51. The van der Waals surface area contributed by atoms with Crippen LogP contribution in [0.3, 0.4) is 0 Å². The predicted molar refractivity (Wildman–Crippen MR) is 118 cm³/mol. The summed E-state index contributed by atoms with van der Waals surface area (Å²) in [5.41, 5.74) is 0.139. The first kappa shape index (κ1) is 24.0. The summed E-state index contributed by atoms with van der Waals surface area (Å²) < 4.78 is 44.6. The Balaban J connectivity index is 1.28. The van der Waals surface area contributed by atoms with Crippen molar-refractivity contribution in [1.29, 1.82) is 0 Å². The van der Waals surface area contributed by atoms with Crippen LogP contribution in [0.1, 0.15) is 42.6 Å². The van der Waals surface area contributed by atoms with Crippen LogP contribution in [0.5, 0.6) is 5.75 Å². The molecule has 1 unspecified atom stereocenters. The van der Waals surface area contributed by atoms with Gasteiger partial charge in [0.05, 0.1) is 12.5 Å². The minimum Gasteiger partial charge on any atom is -0.491 e. The highest BCUT2D eigenvalue weighted by Crippen LogP contribution is 2.40. The highest BCUT2D eigenvalue weighted by molar-refractivity contribution is 6.04. The summed E-state index contributed by atoms with van der Waals surface area (Å²) in [5.74, 6) is -1.31. The van der Waals surface area contributed by atoms with Crippen LogP contribution in [0.25, 0.3) is 0 Å². The number of anilines is 1. The van der Waals surface area contributed by atoms with Crippen molar-refractivity contribution in [3.05, 3.63) is 48.4 Å². The Morgan fingerprint density at radius 1 is 1.03 bits per heavy atom. The lowest BCUT2D eigenvalue weighted by Gasteiger charge is -2.31. The first-order chi connectivity index (χ1) is 16.3. The van der Waals surface area contributed by atoms with Gasteiger partial charge in [-0.1, -0.05) is 6.07 Å². The van der Waals surface area contributed by atoms with E-state index in [1.165, 1.54) is 6.20 Å². The molecule has 4 rings (SSSR count). The molecule has 2 aliphatic rings. The molecule has 0 spiro atoms. The second-order valence-corrected chi connectivity index (χ2v) is 8.86. The third-order valence-corrected chi connectivity index (χ3v) is 6.50. The smallest absolute Gasteiger partial charge is 0.391 e. The summed E-state index contributed by atoms with van der Waals surface area (Å²) in [5, 5.41) is 2.68. The van der Waals surface area contributed by atoms with Gasteiger partial charge in [-0.3, -0.25) is 9.59 Å². The van der Waals surface area contributed by atoms with Crippen LogP contribution in [-0.4, -0.2) is 52.6 Å². The molecule has 2 aromatic heterocycles. The van der Waals surface area contributed by atoms with Crippen molar-refractivity contribution in [2.45, 2.75) is 38.3 Å². The third kappa shape index (κ3) is 5.84. The van der Waals surface area contributed by atoms with E-state index in [9.17, 15) is 22.8 Å². The third-order valence-electron chi connectivity index (χ3n) is 6.50. The lowest BCUT2D eigenvalue weighted by molar-refractivity contribution is -0.185. The zero-order valence-corrected chi connectivity index (χ0v) is 18.6. The number of ether oxygens (including phenoxy) is 1. The molecule has 10 heteroatoms. The molecule has 1 saturated carbocycles. The molecular formula is C24H27F3N4O3. The van der Waals surface area contributed by atoms with Crippen molar-refractivity contribution < 1.29 is 27.5 Å². The van der Waals surface area contributed by atoms with E-state index in [1.54, 1.807) is 41.4 Å². The number of nitrogens with zero attached hydrogens (tertiary/aromatic N) is 3. The quantitative estimate of drug-likeness (QED) is 0.671. The largest absolute Gasteiger partial charge is 0.491 e. The highest BCUT2D eigenvalue weighted by atomic mass is 19.4. The molecular weight excluding hydrogens is 449 g/mol. The van der Waals surface area contributed by atoms with Crippen LogP contribution in [-0.2, 0) is 4.79 Å². The lowest BCUT2D eigenvalue weighted by atomic mass is 9.81. The van der Waals surface area contributed by atoms with Crippen molar-refractivity contribution in [3.8, 4) is 5.75 Å². The van der Waals surface area contributed by atoms with Gasteiger partial charge in [0.1, 0.15) is 5.82 Å². The number of hydrogen-bond donors (Lipinski definition) is 1. The number of carbonyl (C=O) groups excluding carboxylic acids is 2. The zero-order valence-electron chi connectivity index (χ0n) is 18.6. The maximum absolute atomic E-state index is 12.9. The van der Waals surface area contributed by atoms with Gasteiger partial charge in [0, 0.05) is 37.3 Å². The van der Waals surface area contributed by atoms with E-state index in [0.717, 1.165) is 6.42 Å². The van der Waals surface area contributed by atoms with E-state index >= 15 is 0 Å². The number of rotatable bonds is 6. The molecule has 182 valence electrons. The Bertz CT molecular complexity index is 994. The van der Waals surface area contributed by atoms with Crippen molar-refractivity contribution in [2.75, 3.05) is 25.0 Å². The number of likely N-dealkylation sites (tertiary alicyclic amines) is 1. The molecule has 0 radical (unpaired) electrons. The molecule has 2 amide bonds. The first-order valence-electron chi connectivity index (χ1n) is 11.5. The van der Waals surface area contributed by atoms with Gasteiger partial charge in [0.2, 0.25) is 5.91 Å². The maximum atomic E-state index is 12.9. The molecule has 2 fully saturated rings. The summed E-state index contributed by atoms with van der Waals surface area (Å²) in [6.45, 7) is 1.36. The fourth-order valence-electron chi connectivity index (χ4n) is 4.59. The Labute approximate surface area is 195 Å². The van der Waals surface area contributed by atoms with Crippen LogP contribution in [0.4, 0.5) is 19.0 Å². The second-order valence-electron chi connectivity index (χ2n) is 8.86. The van der Waals surface area contributed by atoms with Gasteiger partial charge in [-0.25, -0.2) is 9.97 Å². The lowest BCUT2D eigenvalue weighted by Crippen LogP contribution is -2.38. The van der Waals surface area contributed by atoms with Crippen molar-refractivity contribution >= 4 is 17.6 Å². The second kappa shape index (κ2) is 10.4. The van der Waals surface area contributed by atoms with Crippen LogP contribution in [0.15, 0.2) is 42.7 Å². The number of carbonyl (C=O) groups is 2. The van der Waals surface area contributed by atoms with Crippen molar-refractivity contribution in [2.24, 2.45) is 17.8 Å². The van der Waals surface area contributed by atoms with Gasteiger partial charge in [0.15, 0.2) is 11.4 Å². The molecule has 3 heterocycles. The van der Waals surface area contributed by atoms with E-state index in [1.807, 2.05) is 0 Å². The summed E-state index contributed by atoms with van der Waals surface area (Å²) in [7, 11) is 0. The van der Waals surface area contributed by atoms with E-state index in [2.05, 4.69) is 15.3 Å². The summed E-state index contributed by atoms with van der Waals surface area (Å²) >= 11 is 0. The summed E-state index contributed by atoms with van der Waals surface area (Å²) in [4.78, 5) is 35.4. The number of halogens is 3. The topological polar surface area (TPSA) is 84.4 Å². The molecule has 0 bridgehead atoms. The Morgan fingerprint density at radius 3 is 2.50 bits per heavy atom. The molecule has 34 heavy (non-hydrogen) atoms. The minimum atomic E-state index is -4.18. The monoisotopic (exact) mass is 476 g/mol. The molecule has 2 aromatic rings. The van der Waals surface area contributed by atoms with E-state index in [4.69, 9.17) is 4.74 Å². The number of nitrogens with one attached hydrogen (secondary N) is 1. The number of hydrogen-bond acceptors (Lipinski definition) is 5. The zero-order chi connectivity index (χ0) is 24.1. The Hall–Kier alpha value is -3.17. The van der Waals surface area contributed by atoms with Gasteiger partial charge >= 0.3 is 6.18 Å². The molecule has 1 saturated heterocycles. The average Bonchev–Trinajstić information content (AvgIpc) is 3.32. The van der Waals surface area contributed by atoms with Crippen LogP contribution >= 0.6 is 0 Å². The number of amides is 2. The fourth-order valence-corrected chi connectivity index (χ4v) is 4.59. The molecule has 1 aliphatic heterocycles. The molecule has 1 aliphatic carbocycles. The van der Waals surface area contributed by atoms with Gasteiger partial charge in [0.25, 0.3) is 5.91 Å². The number of aromatic nitrogens is 2. The molecule has 7 nitrogen and oxygen atoms in total. The highest BCUT2D eigenvalue weighted by Gasteiger charge is 2.43. The maximum Gasteiger partial charge on any atom is 0.391 e. The fraction of sp³-hybridized carbons (Fsp3) is 0.500. The normalized spacial score (nSPS) is 22.9. The molecule has 0 aromatic carbocycles. The Morgan fingerprint density at radius 2 is 1.79 bits per heavy atom. The van der Waals surface area contributed by atoms with Gasteiger partial charge in [-0.05, 0) is 56.4 Å². The standard InChI is InChI=1S/C24H27F3N4O3/c25-24(26,27)18-8-6-17(7-9-18)23(33)31-13-10-16(14-31)15-34-19-4-3-12-29-21(19)22(32)30-20-5-1-2-11-28-20/h1-5,11-12,16-18H,6-10,13-15H2,(H,28,30,32). The minimum absolute atomic E-state index is 0.0185. The molecule has 1 atom stereocenters. The van der Waals surface area contributed by atoms with Crippen LogP contribution < -0.4 is 10.1 Å². The Kier molecular flexibility index (Phi) is 7.33. The SMILES string of the molecule is O=C(Nc1ccccn1)c1ncccc1OCC1CCN(C(=O)C2CCC(C(F)(F)F)CC2)C1. The van der Waals surface area contributed by atoms with Crippen LogP contribution in [0.2, 0.25) is 0 Å². The van der Waals surface area contributed by atoms with Gasteiger partial charge < -0.3 is 15.0 Å². The van der Waals surface area contributed by atoms with Crippen molar-refractivity contribution in [1.82, 2.24) is 14.9 Å². The predicted octanol–water partition coefficient (Wildman–Crippen LogP) is 4.32. The van der Waals surface area contributed by atoms with Crippen LogP contribution in [0, 0.1) is 17.8 Å². The van der Waals surface area contributed by atoms with E-state index in [0.29, 0.717) is 31.3 Å². The first-order valence-corrected chi connectivity index (χ1v) is 11.5. The van der Waals surface area contributed by atoms with Gasteiger partial charge in [-0.2, -0.15) is 13.2 Å². The van der Waals surface area contributed by atoms with Crippen molar-refractivity contribution in [3.63, 3.8) is 0 Å². The number of pyridine rings is 2. The molecule has 1 N–H and O–H groups in total. The number of alkyl halides is 3.